The molecule has 5 heteroatoms. The molecule has 24 heavy (non-hydrogen) atoms. The fourth-order valence-corrected chi connectivity index (χ4v) is 5.43. The Hall–Kier alpha value is -1.59. The molecule has 0 N–H and O–H groups in total. The molecule has 4 rings (SSSR count). The molecule has 0 amide bonds. The third-order valence-corrected chi connectivity index (χ3v) is 6.51. The summed E-state index contributed by atoms with van der Waals surface area (Å²) < 4.78 is 5.79. The molecule has 1 aliphatic rings. The van der Waals surface area contributed by atoms with Gasteiger partial charge in [0.1, 0.15) is 21.9 Å². The molecule has 1 aliphatic carbocycles. The molecule has 0 radical (unpaired) electrons. The molecule has 124 valence electrons. The summed E-state index contributed by atoms with van der Waals surface area (Å²) >= 11 is 3.64. The fourth-order valence-electron chi connectivity index (χ4n) is 3.17. The van der Waals surface area contributed by atoms with Crippen molar-refractivity contribution in [1.82, 2.24) is 9.97 Å². The summed E-state index contributed by atoms with van der Waals surface area (Å²) in [6.45, 7) is 3.03. The maximum Gasteiger partial charge on any atom is 0.128 e. The van der Waals surface area contributed by atoms with Gasteiger partial charge in [0.25, 0.3) is 0 Å². The zero-order valence-corrected chi connectivity index (χ0v) is 15.3. The topological polar surface area (TPSA) is 35.0 Å². The molecule has 1 unspecified atom stereocenters. The summed E-state index contributed by atoms with van der Waals surface area (Å²) in [5, 5.41) is 2.41. The molecule has 3 aromatic rings. The maximum absolute atomic E-state index is 5.79. The number of hydrogen-bond acceptors (Lipinski definition) is 5. The van der Waals surface area contributed by atoms with E-state index in [1.807, 2.05) is 41.7 Å². The van der Waals surface area contributed by atoms with Crippen molar-refractivity contribution >= 4 is 33.3 Å². The summed E-state index contributed by atoms with van der Waals surface area (Å²) in [5.41, 5.74) is 1.50. The lowest BCUT2D eigenvalue weighted by molar-refractivity contribution is 0.344. The number of benzene rings is 1. The van der Waals surface area contributed by atoms with Gasteiger partial charge < -0.3 is 4.74 Å². The SMILES string of the molecule is CC1CCc2c(sc3ncnc(SCCOc4ccccc4)c23)C1. The van der Waals surface area contributed by atoms with E-state index in [1.165, 1.54) is 28.7 Å². The zero-order chi connectivity index (χ0) is 16.4. The predicted octanol–water partition coefficient (Wildman–Crippen LogP) is 4.99. The molecule has 2 heterocycles. The number of thiophene rings is 1. The predicted molar refractivity (Wildman–Crippen MR) is 101 cm³/mol. The summed E-state index contributed by atoms with van der Waals surface area (Å²) in [6.07, 6.45) is 5.33. The third-order valence-electron chi connectivity index (χ3n) is 4.39. The second kappa shape index (κ2) is 7.11. The van der Waals surface area contributed by atoms with E-state index in [9.17, 15) is 0 Å². The van der Waals surface area contributed by atoms with Gasteiger partial charge in [-0.3, -0.25) is 0 Å². The van der Waals surface area contributed by atoms with Gasteiger partial charge in [0.2, 0.25) is 0 Å². The van der Waals surface area contributed by atoms with Crippen LogP contribution in [0.1, 0.15) is 23.8 Å². The second-order valence-corrected chi connectivity index (χ2v) is 8.39. The van der Waals surface area contributed by atoms with Crippen LogP contribution in [-0.2, 0) is 12.8 Å². The lowest BCUT2D eigenvalue weighted by Crippen LogP contribution is -2.08. The van der Waals surface area contributed by atoms with E-state index in [2.05, 4.69) is 16.9 Å². The third kappa shape index (κ3) is 3.28. The number of nitrogens with zero attached hydrogens (tertiary/aromatic N) is 2. The molecule has 0 bridgehead atoms. The fraction of sp³-hybridized carbons (Fsp3) is 0.368. The van der Waals surface area contributed by atoms with Crippen LogP contribution in [0, 0.1) is 5.92 Å². The molecule has 0 fully saturated rings. The minimum Gasteiger partial charge on any atom is -0.493 e. The van der Waals surface area contributed by atoms with Crippen molar-refractivity contribution in [3.63, 3.8) is 0 Å². The van der Waals surface area contributed by atoms with Crippen LogP contribution in [0.3, 0.4) is 0 Å². The Kier molecular flexibility index (Phi) is 4.72. The molecular formula is C19H20N2OS2. The molecule has 1 atom stereocenters. The normalized spacial score (nSPS) is 17.0. The lowest BCUT2D eigenvalue weighted by Gasteiger charge is -2.18. The van der Waals surface area contributed by atoms with Crippen molar-refractivity contribution in [1.29, 1.82) is 0 Å². The summed E-state index contributed by atoms with van der Waals surface area (Å²) in [5.74, 6) is 2.60. The van der Waals surface area contributed by atoms with Crippen LogP contribution in [-0.4, -0.2) is 22.3 Å². The first-order valence-electron chi connectivity index (χ1n) is 8.37. The number of hydrogen-bond donors (Lipinski definition) is 0. The van der Waals surface area contributed by atoms with Crippen molar-refractivity contribution in [2.75, 3.05) is 12.4 Å². The van der Waals surface area contributed by atoms with Crippen molar-refractivity contribution < 1.29 is 4.74 Å². The van der Waals surface area contributed by atoms with E-state index in [4.69, 9.17) is 4.74 Å². The van der Waals surface area contributed by atoms with Crippen LogP contribution in [0.25, 0.3) is 10.2 Å². The van der Waals surface area contributed by atoms with Crippen molar-refractivity contribution in [3.05, 3.63) is 47.1 Å². The Morgan fingerprint density at radius 1 is 1.25 bits per heavy atom. The van der Waals surface area contributed by atoms with Gasteiger partial charge in [-0.15, -0.1) is 23.1 Å². The Morgan fingerprint density at radius 3 is 3.00 bits per heavy atom. The van der Waals surface area contributed by atoms with Crippen LogP contribution >= 0.6 is 23.1 Å². The molecule has 2 aromatic heterocycles. The number of fused-ring (bicyclic) bond motifs is 3. The lowest BCUT2D eigenvalue weighted by atomic mass is 9.89. The summed E-state index contributed by atoms with van der Waals surface area (Å²) in [7, 11) is 0. The van der Waals surface area contributed by atoms with Gasteiger partial charge in [0.05, 0.1) is 6.61 Å². The largest absolute Gasteiger partial charge is 0.493 e. The van der Waals surface area contributed by atoms with Gasteiger partial charge in [-0.25, -0.2) is 9.97 Å². The van der Waals surface area contributed by atoms with E-state index >= 15 is 0 Å². The second-order valence-electron chi connectivity index (χ2n) is 6.22. The standard InChI is InChI=1S/C19H20N2OS2/c1-13-7-8-15-16(11-13)24-19-17(15)18(20-12-21-19)23-10-9-22-14-5-3-2-4-6-14/h2-6,12-13H,7-11H2,1H3. The van der Waals surface area contributed by atoms with Crippen LogP contribution in [0.2, 0.25) is 0 Å². The van der Waals surface area contributed by atoms with Crippen LogP contribution in [0.4, 0.5) is 0 Å². The molecule has 0 saturated carbocycles. The van der Waals surface area contributed by atoms with Gasteiger partial charge in [-0.05, 0) is 42.9 Å². The zero-order valence-electron chi connectivity index (χ0n) is 13.7. The van der Waals surface area contributed by atoms with E-state index in [0.29, 0.717) is 6.61 Å². The van der Waals surface area contributed by atoms with Crippen molar-refractivity contribution in [2.45, 2.75) is 31.2 Å². The van der Waals surface area contributed by atoms with Gasteiger partial charge >= 0.3 is 0 Å². The monoisotopic (exact) mass is 356 g/mol. The van der Waals surface area contributed by atoms with Crippen molar-refractivity contribution in [2.24, 2.45) is 5.92 Å². The highest BCUT2D eigenvalue weighted by Crippen LogP contribution is 2.40. The van der Waals surface area contributed by atoms with Crippen LogP contribution in [0.15, 0.2) is 41.7 Å². The van der Waals surface area contributed by atoms with Crippen LogP contribution in [0.5, 0.6) is 5.75 Å². The van der Waals surface area contributed by atoms with Gasteiger partial charge in [-0.2, -0.15) is 0 Å². The first kappa shape index (κ1) is 15.9. The highest BCUT2D eigenvalue weighted by atomic mass is 32.2. The van der Waals surface area contributed by atoms with E-state index < -0.39 is 0 Å². The van der Waals surface area contributed by atoms with Gasteiger partial charge in [0, 0.05) is 16.0 Å². The summed E-state index contributed by atoms with van der Waals surface area (Å²) in [4.78, 5) is 11.7. The number of aryl methyl sites for hydroxylation is 1. The molecule has 0 saturated heterocycles. The van der Waals surface area contributed by atoms with Gasteiger partial charge in [0.15, 0.2) is 0 Å². The average Bonchev–Trinajstić information content (AvgIpc) is 2.97. The average molecular weight is 357 g/mol. The Bertz CT molecular complexity index is 832. The number of aromatic nitrogens is 2. The van der Waals surface area contributed by atoms with E-state index in [-0.39, 0.29) is 0 Å². The van der Waals surface area contributed by atoms with E-state index in [1.54, 1.807) is 18.1 Å². The number of thioether (sulfide) groups is 1. The minimum absolute atomic E-state index is 0.684. The minimum atomic E-state index is 0.684. The van der Waals surface area contributed by atoms with E-state index in [0.717, 1.165) is 33.7 Å². The summed E-state index contributed by atoms with van der Waals surface area (Å²) in [6, 6.07) is 9.97. The maximum atomic E-state index is 5.79. The number of para-hydroxylation sites is 1. The first-order valence-corrected chi connectivity index (χ1v) is 10.2. The first-order chi connectivity index (χ1) is 11.8. The number of rotatable bonds is 5. The molecule has 0 aliphatic heterocycles. The Labute approximate surface area is 150 Å². The number of ether oxygens (including phenoxy) is 1. The van der Waals surface area contributed by atoms with Crippen molar-refractivity contribution in [3.8, 4) is 5.75 Å². The molecular weight excluding hydrogens is 336 g/mol. The molecule has 1 aromatic carbocycles. The highest BCUT2D eigenvalue weighted by Gasteiger charge is 2.23. The highest BCUT2D eigenvalue weighted by molar-refractivity contribution is 7.99. The van der Waals surface area contributed by atoms with Crippen LogP contribution < -0.4 is 4.74 Å². The Morgan fingerprint density at radius 2 is 2.12 bits per heavy atom. The molecule has 0 spiro atoms. The smallest absolute Gasteiger partial charge is 0.128 e. The quantitative estimate of drug-likeness (QED) is 0.367. The molecule has 3 nitrogen and oxygen atoms in total. The Balaban J connectivity index is 1.48. The van der Waals surface area contributed by atoms with Gasteiger partial charge in [-0.1, -0.05) is 25.1 Å².